The van der Waals surface area contributed by atoms with Crippen molar-refractivity contribution in [3.63, 3.8) is 0 Å². The lowest BCUT2D eigenvalue weighted by molar-refractivity contribution is 0.0933. The van der Waals surface area contributed by atoms with E-state index >= 15 is 0 Å². The molecule has 0 atom stereocenters. The van der Waals surface area contributed by atoms with Gasteiger partial charge in [-0.3, -0.25) is 14.6 Å². The molecule has 5 nitrogen and oxygen atoms in total. The fraction of sp³-hybridized carbons (Fsp3) is 0.381. The molecule has 0 saturated heterocycles. The maximum atomic E-state index is 12.5. The first kappa shape index (κ1) is 18.1. The largest absolute Gasteiger partial charge is 0.349 e. The van der Waals surface area contributed by atoms with Crippen molar-refractivity contribution in [3.8, 4) is 0 Å². The van der Waals surface area contributed by atoms with Gasteiger partial charge in [-0.1, -0.05) is 31.7 Å². The molecule has 0 aliphatic heterocycles. The highest BCUT2D eigenvalue weighted by molar-refractivity contribution is 5.99. The SMILES string of the molecule is O=C(NCc1ccncc1)c1cccc(C(=O)NC2CCCCCC2)c1. The highest BCUT2D eigenvalue weighted by atomic mass is 16.2. The van der Waals surface area contributed by atoms with Crippen LogP contribution >= 0.6 is 0 Å². The van der Waals surface area contributed by atoms with Gasteiger partial charge in [0.1, 0.15) is 0 Å². The van der Waals surface area contributed by atoms with Crippen LogP contribution in [0.3, 0.4) is 0 Å². The number of hydrogen-bond donors (Lipinski definition) is 2. The Kier molecular flexibility index (Phi) is 6.36. The van der Waals surface area contributed by atoms with Crippen LogP contribution in [0.5, 0.6) is 0 Å². The van der Waals surface area contributed by atoms with Gasteiger partial charge in [0, 0.05) is 36.1 Å². The molecule has 0 unspecified atom stereocenters. The normalized spacial score (nSPS) is 15.1. The van der Waals surface area contributed by atoms with Crippen LogP contribution in [0.2, 0.25) is 0 Å². The Labute approximate surface area is 154 Å². The molecule has 2 aromatic rings. The van der Waals surface area contributed by atoms with Crippen molar-refractivity contribution in [2.24, 2.45) is 0 Å². The van der Waals surface area contributed by atoms with E-state index in [-0.39, 0.29) is 17.9 Å². The van der Waals surface area contributed by atoms with E-state index < -0.39 is 0 Å². The van der Waals surface area contributed by atoms with Gasteiger partial charge in [0.2, 0.25) is 0 Å². The fourth-order valence-electron chi connectivity index (χ4n) is 3.28. The second-order valence-corrected chi connectivity index (χ2v) is 6.78. The zero-order valence-corrected chi connectivity index (χ0v) is 14.9. The first-order valence-electron chi connectivity index (χ1n) is 9.30. The lowest BCUT2D eigenvalue weighted by atomic mass is 10.1. The smallest absolute Gasteiger partial charge is 0.251 e. The van der Waals surface area contributed by atoms with E-state index in [1.165, 1.54) is 25.7 Å². The zero-order valence-electron chi connectivity index (χ0n) is 14.9. The minimum absolute atomic E-state index is 0.0966. The number of aromatic nitrogens is 1. The van der Waals surface area contributed by atoms with Crippen molar-refractivity contribution in [3.05, 3.63) is 65.5 Å². The summed E-state index contributed by atoms with van der Waals surface area (Å²) < 4.78 is 0. The number of benzene rings is 1. The maximum Gasteiger partial charge on any atom is 0.251 e. The van der Waals surface area contributed by atoms with E-state index in [4.69, 9.17) is 0 Å². The van der Waals surface area contributed by atoms with Crippen LogP contribution in [-0.2, 0) is 6.54 Å². The zero-order chi connectivity index (χ0) is 18.2. The summed E-state index contributed by atoms with van der Waals surface area (Å²) in [6.07, 6.45) is 10.3. The van der Waals surface area contributed by atoms with Crippen molar-refractivity contribution >= 4 is 11.8 Å². The Morgan fingerprint density at radius 1 is 0.923 bits per heavy atom. The maximum absolute atomic E-state index is 12.5. The molecular formula is C21H25N3O2. The van der Waals surface area contributed by atoms with Crippen molar-refractivity contribution < 1.29 is 9.59 Å². The summed E-state index contributed by atoms with van der Waals surface area (Å²) in [7, 11) is 0. The molecule has 5 heteroatoms. The third-order valence-corrected chi connectivity index (χ3v) is 4.78. The van der Waals surface area contributed by atoms with Crippen LogP contribution in [0.4, 0.5) is 0 Å². The molecule has 1 saturated carbocycles. The van der Waals surface area contributed by atoms with E-state index in [0.29, 0.717) is 17.7 Å². The molecule has 2 amide bonds. The number of pyridine rings is 1. The molecule has 1 fully saturated rings. The van der Waals surface area contributed by atoms with Gasteiger partial charge >= 0.3 is 0 Å². The van der Waals surface area contributed by atoms with Gasteiger partial charge in [-0.05, 0) is 48.7 Å². The standard InChI is InChI=1S/C21H25N3O2/c25-20(23-15-16-10-12-22-13-11-16)17-6-5-7-18(14-17)21(26)24-19-8-3-1-2-4-9-19/h5-7,10-14,19H,1-4,8-9,15H2,(H,23,25)(H,24,26). The summed E-state index contributed by atoms with van der Waals surface area (Å²) in [6, 6.07) is 10.9. The van der Waals surface area contributed by atoms with E-state index in [0.717, 1.165) is 18.4 Å². The summed E-state index contributed by atoms with van der Waals surface area (Å²) in [4.78, 5) is 28.9. The minimum atomic E-state index is -0.189. The molecule has 1 aliphatic rings. The predicted molar refractivity (Wildman–Crippen MR) is 101 cm³/mol. The van der Waals surface area contributed by atoms with E-state index in [1.54, 1.807) is 36.7 Å². The Morgan fingerprint density at radius 2 is 1.58 bits per heavy atom. The number of carbonyl (C=O) groups excluding carboxylic acids is 2. The van der Waals surface area contributed by atoms with E-state index in [1.807, 2.05) is 12.1 Å². The number of hydrogen-bond acceptors (Lipinski definition) is 3. The van der Waals surface area contributed by atoms with Crippen molar-refractivity contribution in [2.75, 3.05) is 0 Å². The number of rotatable bonds is 5. The predicted octanol–water partition coefficient (Wildman–Crippen LogP) is 3.46. The van der Waals surface area contributed by atoms with Crippen molar-refractivity contribution in [1.29, 1.82) is 0 Å². The summed E-state index contributed by atoms with van der Waals surface area (Å²) in [5.41, 5.74) is 2.01. The summed E-state index contributed by atoms with van der Waals surface area (Å²) in [6.45, 7) is 0.430. The second-order valence-electron chi connectivity index (χ2n) is 6.78. The Bertz CT molecular complexity index is 738. The first-order chi connectivity index (χ1) is 12.7. The van der Waals surface area contributed by atoms with Gasteiger partial charge in [0.25, 0.3) is 11.8 Å². The number of amides is 2. The molecule has 0 spiro atoms. The lowest BCUT2D eigenvalue weighted by Crippen LogP contribution is -2.34. The minimum Gasteiger partial charge on any atom is -0.349 e. The molecule has 136 valence electrons. The van der Waals surface area contributed by atoms with Crippen molar-refractivity contribution in [2.45, 2.75) is 51.1 Å². The molecule has 1 aliphatic carbocycles. The molecule has 0 radical (unpaired) electrons. The topological polar surface area (TPSA) is 71.1 Å². The van der Waals surface area contributed by atoms with Gasteiger partial charge in [-0.15, -0.1) is 0 Å². The molecular weight excluding hydrogens is 326 g/mol. The Balaban J connectivity index is 1.59. The molecule has 26 heavy (non-hydrogen) atoms. The van der Waals surface area contributed by atoms with Crippen LogP contribution in [0.1, 0.15) is 64.8 Å². The van der Waals surface area contributed by atoms with Gasteiger partial charge in [-0.25, -0.2) is 0 Å². The summed E-state index contributed by atoms with van der Waals surface area (Å²) in [5, 5.41) is 5.99. The fourth-order valence-corrected chi connectivity index (χ4v) is 3.28. The monoisotopic (exact) mass is 351 g/mol. The summed E-state index contributed by atoms with van der Waals surface area (Å²) >= 11 is 0. The van der Waals surface area contributed by atoms with Gasteiger partial charge in [-0.2, -0.15) is 0 Å². The Morgan fingerprint density at radius 3 is 2.27 bits per heavy atom. The van der Waals surface area contributed by atoms with Crippen LogP contribution in [0.15, 0.2) is 48.8 Å². The number of carbonyl (C=O) groups is 2. The second kappa shape index (κ2) is 9.13. The van der Waals surface area contributed by atoms with Crippen molar-refractivity contribution in [1.82, 2.24) is 15.6 Å². The highest BCUT2D eigenvalue weighted by Crippen LogP contribution is 2.18. The Hall–Kier alpha value is -2.69. The molecule has 3 rings (SSSR count). The highest BCUT2D eigenvalue weighted by Gasteiger charge is 2.16. The van der Waals surface area contributed by atoms with Gasteiger partial charge in [0.15, 0.2) is 0 Å². The number of nitrogens with zero attached hydrogens (tertiary/aromatic N) is 1. The van der Waals surface area contributed by atoms with Crippen LogP contribution < -0.4 is 10.6 Å². The van der Waals surface area contributed by atoms with Crippen LogP contribution in [0.25, 0.3) is 0 Å². The van der Waals surface area contributed by atoms with Crippen LogP contribution in [0, 0.1) is 0 Å². The van der Waals surface area contributed by atoms with E-state index in [9.17, 15) is 9.59 Å². The molecule has 1 heterocycles. The van der Waals surface area contributed by atoms with Gasteiger partial charge < -0.3 is 10.6 Å². The molecule has 1 aromatic heterocycles. The molecule has 0 bridgehead atoms. The third kappa shape index (κ3) is 5.15. The third-order valence-electron chi connectivity index (χ3n) is 4.78. The van der Waals surface area contributed by atoms with E-state index in [2.05, 4.69) is 15.6 Å². The first-order valence-corrected chi connectivity index (χ1v) is 9.30. The molecule has 1 aromatic carbocycles. The molecule has 2 N–H and O–H groups in total. The van der Waals surface area contributed by atoms with Gasteiger partial charge in [0.05, 0.1) is 0 Å². The quantitative estimate of drug-likeness (QED) is 0.811. The number of nitrogens with one attached hydrogen (secondary N) is 2. The average molecular weight is 351 g/mol. The average Bonchev–Trinajstić information content (AvgIpc) is 2.95. The summed E-state index contributed by atoms with van der Waals surface area (Å²) in [5.74, 6) is -0.286. The lowest BCUT2D eigenvalue weighted by Gasteiger charge is -2.16. The van der Waals surface area contributed by atoms with Crippen LogP contribution in [-0.4, -0.2) is 22.8 Å².